The van der Waals surface area contributed by atoms with Crippen LogP contribution in [0.3, 0.4) is 0 Å². The third kappa shape index (κ3) is 4.50. The Morgan fingerprint density at radius 1 is 1.21 bits per heavy atom. The van der Waals surface area contributed by atoms with Crippen molar-refractivity contribution in [2.75, 3.05) is 5.32 Å². The standard InChI is InChI=1S/C20H22N4O5/c1-11(2)10-24-19(26)15-8-6-5-7-14(15)17(22-24)20(27)28-13(4)18(25)21-16-9-12(3)29-23-16/h5-9,11,13H,10H2,1-4H3,(H,21,23,25)/t13-/m0/s1. The normalized spacial score (nSPS) is 12.2. The van der Waals surface area contributed by atoms with Crippen LogP contribution in [0.5, 0.6) is 0 Å². The molecule has 9 nitrogen and oxygen atoms in total. The minimum absolute atomic E-state index is 0.0159. The van der Waals surface area contributed by atoms with Gasteiger partial charge in [0.1, 0.15) is 5.76 Å². The summed E-state index contributed by atoms with van der Waals surface area (Å²) in [6, 6.07) is 8.23. The number of nitrogens with zero attached hydrogens (tertiary/aromatic N) is 3. The lowest BCUT2D eigenvalue weighted by molar-refractivity contribution is -0.123. The van der Waals surface area contributed by atoms with Crippen LogP contribution in [0.15, 0.2) is 39.6 Å². The Hall–Kier alpha value is -3.49. The molecule has 2 aromatic heterocycles. The number of aryl methyl sites for hydroxylation is 1. The first-order chi connectivity index (χ1) is 13.8. The number of anilines is 1. The van der Waals surface area contributed by atoms with Crippen molar-refractivity contribution in [2.45, 2.75) is 40.3 Å². The van der Waals surface area contributed by atoms with E-state index in [-0.39, 0.29) is 23.0 Å². The molecular weight excluding hydrogens is 376 g/mol. The number of ether oxygens (including phenoxy) is 1. The van der Waals surface area contributed by atoms with Crippen LogP contribution < -0.4 is 10.9 Å². The van der Waals surface area contributed by atoms with E-state index < -0.39 is 18.0 Å². The lowest BCUT2D eigenvalue weighted by atomic mass is 10.1. The smallest absolute Gasteiger partial charge is 0.360 e. The summed E-state index contributed by atoms with van der Waals surface area (Å²) in [5.41, 5.74) is -0.296. The number of carbonyl (C=O) groups is 2. The van der Waals surface area contributed by atoms with Gasteiger partial charge in [0, 0.05) is 18.0 Å². The highest BCUT2D eigenvalue weighted by Crippen LogP contribution is 2.16. The zero-order chi connectivity index (χ0) is 21.1. The van der Waals surface area contributed by atoms with E-state index in [0.29, 0.717) is 23.1 Å². The van der Waals surface area contributed by atoms with Crippen molar-refractivity contribution in [3.05, 3.63) is 52.1 Å². The Bertz CT molecular complexity index is 1120. The van der Waals surface area contributed by atoms with E-state index in [2.05, 4.69) is 15.6 Å². The Morgan fingerprint density at radius 3 is 2.52 bits per heavy atom. The van der Waals surface area contributed by atoms with Gasteiger partial charge in [-0.1, -0.05) is 37.2 Å². The van der Waals surface area contributed by atoms with Gasteiger partial charge in [0.2, 0.25) is 0 Å². The SMILES string of the molecule is Cc1cc(NC(=O)[C@H](C)OC(=O)c2nn(CC(C)C)c(=O)c3ccccc23)no1. The van der Waals surface area contributed by atoms with Gasteiger partial charge in [-0.2, -0.15) is 5.10 Å². The fourth-order valence-corrected chi connectivity index (χ4v) is 2.78. The van der Waals surface area contributed by atoms with Crippen LogP contribution in [0, 0.1) is 12.8 Å². The Balaban J connectivity index is 1.87. The highest BCUT2D eigenvalue weighted by atomic mass is 16.5. The lowest BCUT2D eigenvalue weighted by Crippen LogP contribution is -2.32. The molecular formula is C20H22N4O5. The van der Waals surface area contributed by atoms with Crippen molar-refractivity contribution in [3.63, 3.8) is 0 Å². The maximum Gasteiger partial charge on any atom is 0.360 e. The molecule has 29 heavy (non-hydrogen) atoms. The molecule has 1 atom stereocenters. The second-order valence-electron chi connectivity index (χ2n) is 7.13. The van der Waals surface area contributed by atoms with Crippen LogP contribution in [-0.4, -0.2) is 32.9 Å². The second kappa shape index (κ2) is 8.26. The van der Waals surface area contributed by atoms with Gasteiger partial charge in [-0.05, 0) is 25.8 Å². The van der Waals surface area contributed by atoms with E-state index in [9.17, 15) is 14.4 Å². The van der Waals surface area contributed by atoms with Crippen molar-refractivity contribution in [3.8, 4) is 0 Å². The third-order valence-electron chi connectivity index (χ3n) is 4.13. The van der Waals surface area contributed by atoms with Crippen LogP contribution in [-0.2, 0) is 16.1 Å². The zero-order valence-electron chi connectivity index (χ0n) is 16.6. The minimum Gasteiger partial charge on any atom is -0.448 e. The van der Waals surface area contributed by atoms with Crippen LogP contribution in [0.25, 0.3) is 10.8 Å². The maximum absolute atomic E-state index is 12.8. The summed E-state index contributed by atoms with van der Waals surface area (Å²) in [4.78, 5) is 37.7. The van der Waals surface area contributed by atoms with Gasteiger partial charge in [0.15, 0.2) is 17.6 Å². The number of carbonyl (C=O) groups excluding carboxylic acids is 2. The van der Waals surface area contributed by atoms with Gasteiger partial charge in [0.25, 0.3) is 11.5 Å². The molecule has 152 valence electrons. The Kier molecular flexibility index (Phi) is 5.76. The number of benzene rings is 1. The van der Waals surface area contributed by atoms with Crippen molar-refractivity contribution in [1.29, 1.82) is 0 Å². The first-order valence-corrected chi connectivity index (χ1v) is 9.21. The highest BCUT2D eigenvalue weighted by Gasteiger charge is 2.24. The molecule has 0 bridgehead atoms. The zero-order valence-corrected chi connectivity index (χ0v) is 16.6. The Labute approximate surface area is 166 Å². The molecule has 0 aliphatic carbocycles. The van der Waals surface area contributed by atoms with E-state index in [0.717, 1.165) is 0 Å². The molecule has 9 heteroatoms. The quantitative estimate of drug-likeness (QED) is 0.634. The lowest BCUT2D eigenvalue weighted by Gasteiger charge is -2.15. The first-order valence-electron chi connectivity index (χ1n) is 9.21. The molecule has 3 aromatic rings. The predicted molar refractivity (Wildman–Crippen MR) is 106 cm³/mol. The molecule has 0 aliphatic heterocycles. The number of aromatic nitrogens is 3. The largest absolute Gasteiger partial charge is 0.448 e. The van der Waals surface area contributed by atoms with Gasteiger partial charge in [-0.25, -0.2) is 9.48 Å². The average Bonchev–Trinajstić information content (AvgIpc) is 3.08. The molecule has 0 saturated heterocycles. The van der Waals surface area contributed by atoms with E-state index in [1.165, 1.54) is 11.6 Å². The summed E-state index contributed by atoms with van der Waals surface area (Å²) in [5, 5.41) is 11.1. The maximum atomic E-state index is 12.8. The van der Waals surface area contributed by atoms with E-state index in [1.54, 1.807) is 37.3 Å². The van der Waals surface area contributed by atoms with Gasteiger partial charge in [-0.15, -0.1) is 0 Å². The number of nitrogens with one attached hydrogen (secondary N) is 1. The second-order valence-corrected chi connectivity index (χ2v) is 7.13. The number of hydrogen-bond donors (Lipinski definition) is 1. The van der Waals surface area contributed by atoms with Gasteiger partial charge >= 0.3 is 5.97 Å². The summed E-state index contributed by atoms with van der Waals surface area (Å²) in [6.07, 6.45) is -1.11. The number of amides is 1. The van der Waals surface area contributed by atoms with Crippen molar-refractivity contribution in [2.24, 2.45) is 5.92 Å². The molecule has 0 aliphatic rings. The molecule has 0 saturated carbocycles. The first kappa shape index (κ1) is 20.2. The number of esters is 1. The van der Waals surface area contributed by atoms with Crippen molar-refractivity contribution >= 4 is 28.5 Å². The summed E-state index contributed by atoms with van der Waals surface area (Å²) < 4.78 is 11.4. The van der Waals surface area contributed by atoms with Crippen molar-refractivity contribution < 1.29 is 18.8 Å². The van der Waals surface area contributed by atoms with Crippen molar-refractivity contribution in [1.82, 2.24) is 14.9 Å². The minimum atomic E-state index is -1.11. The van der Waals surface area contributed by atoms with Gasteiger partial charge < -0.3 is 14.6 Å². The van der Waals surface area contributed by atoms with E-state index in [4.69, 9.17) is 9.26 Å². The van der Waals surface area contributed by atoms with Crippen LogP contribution in [0.1, 0.15) is 37.0 Å². The molecule has 2 heterocycles. The van der Waals surface area contributed by atoms with Crippen LogP contribution >= 0.6 is 0 Å². The molecule has 1 N–H and O–H groups in total. The van der Waals surface area contributed by atoms with Gasteiger partial charge in [-0.3, -0.25) is 9.59 Å². The topological polar surface area (TPSA) is 116 Å². The molecule has 0 fully saturated rings. The molecule has 1 amide bonds. The average molecular weight is 398 g/mol. The van der Waals surface area contributed by atoms with Crippen LogP contribution in [0.4, 0.5) is 5.82 Å². The fraction of sp³-hybridized carbons (Fsp3) is 0.350. The number of rotatable bonds is 6. The molecule has 0 unspecified atom stereocenters. The predicted octanol–water partition coefficient (Wildman–Crippen LogP) is 2.53. The van der Waals surface area contributed by atoms with E-state index in [1.807, 2.05) is 13.8 Å². The summed E-state index contributed by atoms with van der Waals surface area (Å²) in [5.74, 6) is -0.442. The highest BCUT2D eigenvalue weighted by molar-refractivity contribution is 6.03. The molecule has 0 radical (unpaired) electrons. The van der Waals surface area contributed by atoms with Crippen LogP contribution in [0.2, 0.25) is 0 Å². The summed E-state index contributed by atoms with van der Waals surface area (Å²) in [6.45, 7) is 7.37. The van der Waals surface area contributed by atoms with E-state index >= 15 is 0 Å². The molecule has 3 rings (SSSR count). The summed E-state index contributed by atoms with van der Waals surface area (Å²) in [7, 11) is 0. The molecule has 1 aromatic carbocycles. The Morgan fingerprint density at radius 2 is 1.90 bits per heavy atom. The van der Waals surface area contributed by atoms with Gasteiger partial charge in [0.05, 0.1) is 5.39 Å². The third-order valence-corrected chi connectivity index (χ3v) is 4.13. The number of hydrogen-bond acceptors (Lipinski definition) is 7. The monoisotopic (exact) mass is 398 g/mol. The fourth-order valence-electron chi connectivity index (χ4n) is 2.78. The summed E-state index contributed by atoms with van der Waals surface area (Å²) >= 11 is 0. The number of fused-ring (bicyclic) bond motifs is 1. The molecule has 0 spiro atoms.